The minimum Gasteiger partial charge on any atom is -0.759 e. The van der Waals surface area contributed by atoms with E-state index < -0.39 is 52.0 Å². The van der Waals surface area contributed by atoms with Crippen molar-refractivity contribution in [3.63, 3.8) is 0 Å². The zero-order chi connectivity index (χ0) is 22.5. The molecule has 0 aromatic heterocycles. The Morgan fingerprint density at radius 2 is 0.233 bits per heavy atom. The van der Waals surface area contributed by atoms with E-state index in [4.69, 9.17) is 87.6 Å². The Labute approximate surface area is 320 Å². The first-order chi connectivity index (χ1) is 10.0. The van der Waals surface area contributed by atoms with Crippen LogP contribution in [0.15, 0.2) is 0 Å². The van der Waals surface area contributed by atoms with Crippen LogP contribution < -0.4 is 0 Å². The molecular weight excluding hydrogens is 681 g/mol. The first kappa shape index (κ1) is 65.1. The summed E-state index contributed by atoms with van der Waals surface area (Å²) < 4.78 is 170. The van der Waals surface area contributed by atoms with Crippen molar-refractivity contribution in [2.75, 3.05) is 0 Å². The van der Waals surface area contributed by atoms with Crippen LogP contribution in [-0.4, -0.2) is 276 Å². The largest absolute Gasteiger partial charge is 2.00 e. The third-order valence-electron chi connectivity index (χ3n) is 0. The van der Waals surface area contributed by atoms with Crippen molar-refractivity contribution >= 4 is 241 Å². The fourth-order valence-corrected chi connectivity index (χ4v) is 0. The molecule has 0 radical (unpaired) electrons. The molecule has 0 heterocycles. The van der Waals surface area contributed by atoms with Gasteiger partial charge in [0.25, 0.3) is 0 Å². The second-order valence-electron chi connectivity index (χ2n) is 2.04. The van der Waals surface area contributed by atoms with Gasteiger partial charge in [-0.3, -0.25) is 42.1 Å². The number of hydrogen-bond donors (Lipinski definition) is 0. The molecule has 0 bridgehead atoms. The van der Waals surface area contributed by atoms with Crippen LogP contribution in [0.25, 0.3) is 0 Å². The van der Waals surface area contributed by atoms with E-state index in [0.717, 1.165) is 0 Å². The fraction of sp³-hybridized carbons (Fsp3) is 0. The maximum atomic E-state index is 8.52. The van der Waals surface area contributed by atoms with Gasteiger partial charge in [0.2, 0.25) is 0 Å². The molecule has 0 aliphatic heterocycles. The van der Waals surface area contributed by atoms with E-state index in [0.29, 0.717) is 0 Å². The molecule has 0 rings (SSSR count). The Morgan fingerprint density at radius 1 is 0.233 bits per heavy atom. The van der Waals surface area contributed by atoms with E-state index >= 15 is 0 Å². The van der Waals surface area contributed by atoms with Crippen LogP contribution in [0.1, 0.15) is 0 Å². The van der Waals surface area contributed by atoms with Gasteiger partial charge >= 0.3 is 189 Å². The molecule has 0 aromatic rings. The minimum atomic E-state index is -5.17. The molecule has 160 valence electrons. The maximum Gasteiger partial charge on any atom is 2.00 e. The van der Waals surface area contributed by atoms with Crippen LogP contribution in [-0.2, 0) is 52.0 Å². The minimum absolute atomic E-state index is 0. The third-order valence-corrected chi connectivity index (χ3v) is 0. The first-order valence-electron chi connectivity index (χ1n) is 3.33. The first-order valence-corrected chi connectivity index (χ1v) is 10.0. The van der Waals surface area contributed by atoms with E-state index in [1.54, 1.807) is 0 Å². The summed E-state index contributed by atoms with van der Waals surface area (Å²) in [5.74, 6) is 0. The van der Waals surface area contributed by atoms with Crippen molar-refractivity contribution in [2.24, 2.45) is 0 Å². The Bertz CT molecular complexity index is 628. The van der Waals surface area contributed by atoms with Crippen LogP contribution in [0.2, 0.25) is 0 Å². The molecule has 30 heavy (non-hydrogen) atoms. The molecule has 0 aliphatic carbocycles. The van der Waals surface area contributed by atoms with Crippen molar-refractivity contribution in [3.05, 3.63) is 0 Å². The van der Waals surface area contributed by atoms with E-state index in [9.17, 15) is 0 Å². The van der Waals surface area contributed by atoms with Gasteiger partial charge in [0.15, 0.2) is 0 Å². The van der Waals surface area contributed by atoms with Gasteiger partial charge in [-0.2, -0.15) is 0 Å². The van der Waals surface area contributed by atoms with Crippen molar-refractivity contribution < 1.29 is 87.6 Å². The Kier molecular flexibility index (Phi) is 66.9. The van der Waals surface area contributed by atoms with E-state index in [1.807, 2.05) is 0 Å². The summed E-state index contributed by atoms with van der Waals surface area (Å²) >= 11 is 0. The summed E-state index contributed by atoms with van der Waals surface area (Å²) in [6, 6.07) is 0. The monoisotopic (exact) mass is 680 g/mol. The Morgan fingerprint density at radius 3 is 0.233 bits per heavy atom. The molecule has 0 amide bonds. The maximum absolute atomic E-state index is 8.52. The summed E-state index contributed by atoms with van der Waals surface area (Å²) in [5.41, 5.74) is 0. The van der Waals surface area contributed by atoms with Crippen molar-refractivity contribution in [3.8, 4) is 0 Å². The molecule has 0 saturated heterocycles. The van der Waals surface area contributed by atoms with Gasteiger partial charge in [-0.25, -0.2) is 0 Å². The van der Waals surface area contributed by atoms with E-state index in [-0.39, 0.29) is 189 Å². The molecule has 0 spiro atoms. The molecule has 0 atom stereocenters. The third kappa shape index (κ3) is 1120. The predicted molar refractivity (Wildman–Crippen MR) is 81.1 cm³/mol. The van der Waals surface area contributed by atoms with Crippen LogP contribution >= 0.6 is 0 Å². The molecular formula is Ca5O20S5. The molecule has 0 N–H and O–H groups in total. The molecule has 0 aliphatic rings. The fourth-order valence-electron chi connectivity index (χ4n) is 0. The van der Waals surface area contributed by atoms with Gasteiger partial charge in [-0.05, 0) is 0 Å². The molecule has 0 unspecified atom stereocenters. The van der Waals surface area contributed by atoms with Gasteiger partial charge in [-0.1, -0.05) is 0 Å². The van der Waals surface area contributed by atoms with Gasteiger partial charge < -0.3 is 45.5 Å². The Balaban J connectivity index is -0.0000000200. The number of hydrogen-bond acceptors (Lipinski definition) is 20. The smallest absolute Gasteiger partial charge is 0.759 e. The molecule has 0 fully saturated rings. The number of rotatable bonds is 0. The van der Waals surface area contributed by atoms with Gasteiger partial charge in [-0.15, -0.1) is 0 Å². The second-order valence-corrected chi connectivity index (χ2v) is 6.12. The average molecular weight is 681 g/mol. The predicted octanol–water partition coefficient (Wildman–Crippen LogP) is -8.59. The van der Waals surface area contributed by atoms with Crippen LogP contribution in [0.3, 0.4) is 0 Å². The van der Waals surface area contributed by atoms with Gasteiger partial charge in [0.05, 0.1) is 0 Å². The van der Waals surface area contributed by atoms with Crippen molar-refractivity contribution in [1.29, 1.82) is 0 Å². The average Bonchev–Trinajstić information content (AvgIpc) is 1.79. The summed E-state index contributed by atoms with van der Waals surface area (Å²) in [6.07, 6.45) is 0. The standard InChI is InChI=1S/5Ca.5H2O4S/c;;;;;5*1-5(2,3)4/h;;;;;5*(H2,1,2,3,4)/q5*+2;;;;;/p-10. The van der Waals surface area contributed by atoms with Gasteiger partial charge in [0, 0.05) is 52.0 Å². The summed E-state index contributed by atoms with van der Waals surface area (Å²) in [4.78, 5) is 0. The van der Waals surface area contributed by atoms with Gasteiger partial charge in [0.1, 0.15) is 0 Å². The zero-order valence-electron chi connectivity index (χ0n) is 13.7. The topological polar surface area (TPSA) is 401 Å². The quantitative estimate of drug-likeness (QED) is 0.130. The van der Waals surface area contributed by atoms with E-state index in [2.05, 4.69) is 0 Å². The van der Waals surface area contributed by atoms with Crippen LogP contribution in [0.5, 0.6) is 0 Å². The molecule has 0 saturated carbocycles. The summed E-state index contributed by atoms with van der Waals surface area (Å²) in [5, 5.41) is 0. The van der Waals surface area contributed by atoms with Crippen LogP contribution in [0, 0.1) is 0 Å². The molecule has 20 nitrogen and oxygen atoms in total. The molecule has 0 aromatic carbocycles. The summed E-state index contributed by atoms with van der Waals surface area (Å²) in [7, 11) is -25.8. The Hall–Kier alpha value is 5.65. The molecule has 30 heteroatoms. The SMILES string of the molecule is O=S(=O)([O-])[O-].O=S(=O)([O-])[O-].O=S(=O)([O-])[O-].O=S(=O)([O-])[O-].O=S(=O)([O-])[O-].[Ca+2].[Ca+2].[Ca+2].[Ca+2].[Ca+2]. The van der Waals surface area contributed by atoms with Crippen molar-refractivity contribution in [2.45, 2.75) is 0 Å². The normalized spacial score (nSPS) is 9.67. The van der Waals surface area contributed by atoms with E-state index in [1.165, 1.54) is 0 Å². The van der Waals surface area contributed by atoms with Crippen molar-refractivity contribution in [1.82, 2.24) is 0 Å². The summed E-state index contributed by atoms with van der Waals surface area (Å²) in [6.45, 7) is 0. The second kappa shape index (κ2) is 30.9. The zero-order valence-corrected chi connectivity index (χ0v) is 28.9. The van der Waals surface area contributed by atoms with Crippen LogP contribution in [0.4, 0.5) is 0 Å².